The molecule has 2 aromatic carbocycles. The summed E-state index contributed by atoms with van der Waals surface area (Å²) in [4.78, 5) is 38.1. The van der Waals surface area contributed by atoms with Crippen LogP contribution in [0.3, 0.4) is 0 Å². The molecule has 1 unspecified atom stereocenters. The second kappa shape index (κ2) is 9.07. The smallest absolute Gasteiger partial charge is 0.387 e. The molecule has 1 atom stereocenters. The van der Waals surface area contributed by atoms with Crippen LogP contribution in [0.2, 0.25) is 0 Å². The lowest BCUT2D eigenvalue weighted by atomic mass is 9.92. The number of nitrogens with one attached hydrogen (secondary N) is 2. The van der Waals surface area contributed by atoms with Crippen LogP contribution in [0, 0.1) is 5.82 Å². The van der Waals surface area contributed by atoms with Crippen LogP contribution >= 0.6 is 0 Å². The number of amides is 4. The monoisotopic (exact) mass is 435 g/mol. The van der Waals surface area contributed by atoms with Crippen molar-refractivity contribution in [2.75, 3.05) is 13.1 Å². The van der Waals surface area contributed by atoms with Crippen molar-refractivity contribution in [3.63, 3.8) is 0 Å². The number of halogens is 3. The molecule has 4 amide bonds. The van der Waals surface area contributed by atoms with Crippen molar-refractivity contribution in [1.29, 1.82) is 0 Å². The molecule has 1 fully saturated rings. The van der Waals surface area contributed by atoms with Gasteiger partial charge < -0.3 is 15.4 Å². The average Bonchev–Trinajstić information content (AvgIpc) is 2.93. The number of alkyl halides is 2. The Morgan fingerprint density at radius 1 is 1.13 bits per heavy atom. The minimum Gasteiger partial charge on any atom is -0.435 e. The molecule has 2 aromatic rings. The van der Waals surface area contributed by atoms with Gasteiger partial charge in [-0.25, -0.2) is 9.18 Å². The Morgan fingerprint density at radius 2 is 1.77 bits per heavy atom. The maximum absolute atomic E-state index is 12.9. The number of carbonyl (C=O) groups excluding carboxylic acids is 3. The summed E-state index contributed by atoms with van der Waals surface area (Å²) in [6.07, 6.45) is 0.455. The van der Waals surface area contributed by atoms with Crippen molar-refractivity contribution in [1.82, 2.24) is 15.5 Å². The van der Waals surface area contributed by atoms with Gasteiger partial charge in [0, 0.05) is 6.54 Å². The van der Waals surface area contributed by atoms with Gasteiger partial charge in [0.15, 0.2) is 0 Å². The molecular weight excluding hydrogens is 415 g/mol. The highest BCUT2D eigenvalue weighted by atomic mass is 19.3. The first-order valence-corrected chi connectivity index (χ1v) is 9.39. The van der Waals surface area contributed by atoms with Gasteiger partial charge in [-0.1, -0.05) is 24.3 Å². The normalized spacial score (nSPS) is 18.3. The summed E-state index contributed by atoms with van der Waals surface area (Å²) in [5, 5.41) is 5.14. The van der Waals surface area contributed by atoms with E-state index in [9.17, 15) is 27.6 Å². The molecule has 0 radical (unpaired) electrons. The first-order chi connectivity index (χ1) is 14.7. The molecular formula is C21H20F3N3O4. The van der Waals surface area contributed by atoms with Gasteiger partial charge in [-0.05, 0) is 48.7 Å². The Morgan fingerprint density at radius 3 is 2.39 bits per heavy atom. The highest BCUT2D eigenvalue weighted by Gasteiger charge is 2.49. The highest BCUT2D eigenvalue weighted by Crippen LogP contribution is 2.30. The number of ether oxygens (including phenoxy) is 1. The van der Waals surface area contributed by atoms with E-state index in [1.165, 1.54) is 43.3 Å². The molecule has 7 nitrogen and oxygen atoms in total. The van der Waals surface area contributed by atoms with Gasteiger partial charge in [0.05, 0.1) is 0 Å². The van der Waals surface area contributed by atoms with E-state index in [-0.39, 0.29) is 18.1 Å². The number of hydrogen-bond acceptors (Lipinski definition) is 4. The van der Waals surface area contributed by atoms with E-state index in [4.69, 9.17) is 0 Å². The van der Waals surface area contributed by atoms with Crippen LogP contribution in [0.5, 0.6) is 5.75 Å². The van der Waals surface area contributed by atoms with Gasteiger partial charge >= 0.3 is 12.6 Å². The molecule has 164 valence electrons. The van der Waals surface area contributed by atoms with E-state index in [1.54, 1.807) is 12.1 Å². The zero-order valence-electron chi connectivity index (χ0n) is 16.5. The largest absolute Gasteiger partial charge is 0.435 e. The number of urea groups is 1. The molecule has 1 heterocycles. The minimum atomic E-state index is -2.98. The summed E-state index contributed by atoms with van der Waals surface area (Å²) in [5.74, 6) is -1.62. The second-order valence-electron chi connectivity index (χ2n) is 7.08. The van der Waals surface area contributed by atoms with Crippen LogP contribution in [-0.2, 0) is 21.5 Å². The summed E-state index contributed by atoms with van der Waals surface area (Å²) < 4.78 is 41.8. The molecule has 10 heteroatoms. The Hall–Kier alpha value is -3.56. The lowest BCUT2D eigenvalue weighted by Gasteiger charge is -2.22. The van der Waals surface area contributed by atoms with E-state index in [2.05, 4.69) is 15.4 Å². The van der Waals surface area contributed by atoms with Crippen molar-refractivity contribution in [2.24, 2.45) is 0 Å². The fourth-order valence-electron chi connectivity index (χ4n) is 3.20. The maximum atomic E-state index is 12.9. The summed E-state index contributed by atoms with van der Waals surface area (Å²) in [5.41, 5.74) is -0.273. The third kappa shape index (κ3) is 5.14. The van der Waals surface area contributed by atoms with Crippen molar-refractivity contribution in [2.45, 2.75) is 25.5 Å². The molecule has 1 aliphatic heterocycles. The zero-order valence-corrected chi connectivity index (χ0v) is 16.5. The topological polar surface area (TPSA) is 87.7 Å². The summed E-state index contributed by atoms with van der Waals surface area (Å²) in [7, 11) is 0. The van der Waals surface area contributed by atoms with Gasteiger partial charge in [0.1, 0.15) is 23.7 Å². The van der Waals surface area contributed by atoms with Crippen LogP contribution in [0.15, 0.2) is 48.5 Å². The average molecular weight is 435 g/mol. The van der Waals surface area contributed by atoms with Crippen LogP contribution in [0.1, 0.15) is 18.1 Å². The number of hydrogen-bond donors (Lipinski definition) is 2. The Labute approximate surface area is 176 Å². The molecule has 1 saturated heterocycles. The number of carbonyl (C=O) groups is 3. The van der Waals surface area contributed by atoms with E-state index >= 15 is 0 Å². The van der Waals surface area contributed by atoms with Crippen LogP contribution < -0.4 is 15.4 Å². The fraction of sp³-hybridized carbons (Fsp3) is 0.286. The van der Waals surface area contributed by atoms with Gasteiger partial charge in [-0.2, -0.15) is 8.78 Å². The highest BCUT2D eigenvalue weighted by molar-refractivity contribution is 6.09. The van der Waals surface area contributed by atoms with Crippen molar-refractivity contribution < 1.29 is 32.3 Å². The van der Waals surface area contributed by atoms with E-state index in [0.717, 1.165) is 10.5 Å². The molecule has 0 bridgehead atoms. The van der Waals surface area contributed by atoms with Crippen LogP contribution in [-0.4, -0.2) is 42.4 Å². The molecule has 31 heavy (non-hydrogen) atoms. The predicted molar refractivity (Wildman–Crippen MR) is 104 cm³/mol. The summed E-state index contributed by atoms with van der Waals surface area (Å²) in [6.45, 7) is -1.75. The van der Waals surface area contributed by atoms with Gasteiger partial charge in [-0.15, -0.1) is 0 Å². The lowest BCUT2D eigenvalue weighted by molar-refractivity contribution is -0.134. The molecule has 0 spiro atoms. The molecule has 0 aromatic heterocycles. The molecule has 3 rings (SSSR count). The first kappa shape index (κ1) is 22.1. The van der Waals surface area contributed by atoms with Gasteiger partial charge in [0.25, 0.3) is 5.91 Å². The lowest BCUT2D eigenvalue weighted by Crippen LogP contribution is -2.43. The van der Waals surface area contributed by atoms with E-state index in [1.807, 2.05) is 0 Å². The number of nitrogens with zero attached hydrogens (tertiary/aromatic N) is 1. The Bertz CT molecular complexity index is 967. The van der Waals surface area contributed by atoms with Crippen molar-refractivity contribution >= 4 is 17.8 Å². The van der Waals surface area contributed by atoms with Crippen molar-refractivity contribution in [3.05, 3.63) is 65.5 Å². The van der Waals surface area contributed by atoms with Gasteiger partial charge in [0.2, 0.25) is 5.91 Å². The molecule has 2 N–H and O–H groups in total. The minimum absolute atomic E-state index is 0.0866. The summed E-state index contributed by atoms with van der Waals surface area (Å²) >= 11 is 0. The number of benzene rings is 2. The zero-order chi connectivity index (χ0) is 22.6. The Balaban J connectivity index is 1.58. The maximum Gasteiger partial charge on any atom is 0.387 e. The third-order valence-electron chi connectivity index (χ3n) is 4.88. The predicted octanol–water partition coefficient (Wildman–Crippen LogP) is 2.55. The number of imide groups is 1. The second-order valence-corrected chi connectivity index (χ2v) is 7.08. The Kier molecular flexibility index (Phi) is 6.47. The standard InChI is InChI=1S/C21H20F3N3O4/c1-21(14-4-8-16(9-5-14)31-19(23)24)18(29)27(20(30)26-21)12-17(28)25-11-10-13-2-6-15(22)7-3-13/h2-9,19H,10-12H2,1H3,(H,25,28)(H,26,30). The number of rotatable bonds is 8. The quantitative estimate of drug-likeness (QED) is 0.624. The third-order valence-corrected chi connectivity index (χ3v) is 4.88. The first-order valence-electron chi connectivity index (χ1n) is 9.39. The van der Waals surface area contributed by atoms with Crippen LogP contribution in [0.25, 0.3) is 0 Å². The fourth-order valence-corrected chi connectivity index (χ4v) is 3.20. The van der Waals surface area contributed by atoms with E-state index < -0.39 is 36.5 Å². The van der Waals surface area contributed by atoms with Gasteiger partial charge in [-0.3, -0.25) is 14.5 Å². The van der Waals surface area contributed by atoms with Crippen LogP contribution in [0.4, 0.5) is 18.0 Å². The SMILES string of the molecule is CC1(c2ccc(OC(F)F)cc2)NC(=O)N(CC(=O)NCCc2ccc(F)cc2)C1=O. The molecule has 0 aliphatic carbocycles. The van der Waals surface area contributed by atoms with E-state index in [0.29, 0.717) is 12.0 Å². The molecule has 0 saturated carbocycles. The summed E-state index contributed by atoms with van der Waals surface area (Å²) in [6, 6.07) is 10.4. The van der Waals surface area contributed by atoms with Crippen molar-refractivity contribution in [3.8, 4) is 5.75 Å². The molecule has 1 aliphatic rings.